The van der Waals surface area contributed by atoms with Gasteiger partial charge in [-0.25, -0.2) is 4.98 Å². The largest absolute Gasteiger partial charge is 0.497 e. The number of nitrogens with zero attached hydrogens (tertiary/aromatic N) is 2. The molecule has 1 heterocycles. The van der Waals surface area contributed by atoms with Crippen molar-refractivity contribution in [1.82, 2.24) is 9.88 Å². The SMILES string of the molecule is COc1ccc(NC(=O)C2(N(Cc3nc(-c4ccccc4)cs3)C(=O)Cc3ccccc3)CCCC2)c(OC)c1. The van der Waals surface area contributed by atoms with Crippen LogP contribution >= 0.6 is 11.3 Å². The van der Waals surface area contributed by atoms with E-state index in [4.69, 9.17) is 14.5 Å². The summed E-state index contributed by atoms with van der Waals surface area (Å²) in [6.07, 6.45) is 3.08. The van der Waals surface area contributed by atoms with Crippen molar-refractivity contribution >= 4 is 28.8 Å². The predicted octanol–water partition coefficient (Wildman–Crippen LogP) is 6.35. The van der Waals surface area contributed by atoms with Crippen LogP contribution in [0.4, 0.5) is 5.69 Å². The average molecular weight is 556 g/mol. The number of hydrogen-bond acceptors (Lipinski definition) is 6. The van der Waals surface area contributed by atoms with Gasteiger partial charge in [-0.15, -0.1) is 11.3 Å². The molecule has 3 aromatic carbocycles. The minimum atomic E-state index is -1.00. The van der Waals surface area contributed by atoms with Crippen LogP contribution in [0.3, 0.4) is 0 Å². The summed E-state index contributed by atoms with van der Waals surface area (Å²) < 4.78 is 10.8. The Hall–Kier alpha value is -4.17. The van der Waals surface area contributed by atoms with Crippen LogP contribution in [-0.2, 0) is 22.6 Å². The number of rotatable bonds is 10. The Morgan fingerprint density at radius 1 is 0.950 bits per heavy atom. The van der Waals surface area contributed by atoms with E-state index in [0.29, 0.717) is 30.0 Å². The van der Waals surface area contributed by atoms with Crippen molar-refractivity contribution in [3.05, 3.63) is 94.8 Å². The third-order valence-electron chi connectivity index (χ3n) is 7.44. The summed E-state index contributed by atoms with van der Waals surface area (Å²) in [4.78, 5) is 34.8. The Kier molecular flexibility index (Phi) is 8.45. The van der Waals surface area contributed by atoms with Gasteiger partial charge in [0, 0.05) is 17.0 Å². The predicted molar refractivity (Wildman–Crippen MR) is 158 cm³/mol. The van der Waals surface area contributed by atoms with Gasteiger partial charge in [-0.05, 0) is 30.5 Å². The van der Waals surface area contributed by atoms with E-state index in [0.717, 1.165) is 34.7 Å². The van der Waals surface area contributed by atoms with Crippen LogP contribution in [0.2, 0.25) is 0 Å². The second-order valence-corrected chi connectivity index (χ2v) is 10.8. The molecule has 0 atom stereocenters. The van der Waals surface area contributed by atoms with E-state index in [9.17, 15) is 9.59 Å². The van der Waals surface area contributed by atoms with Crippen molar-refractivity contribution in [1.29, 1.82) is 0 Å². The van der Waals surface area contributed by atoms with E-state index >= 15 is 0 Å². The van der Waals surface area contributed by atoms with Crippen molar-refractivity contribution in [2.24, 2.45) is 0 Å². The lowest BCUT2D eigenvalue weighted by molar-refractivity contribution is -0.145. The lowest BCUT2D eigenvalue weighted by atomic mass is 9.92. The van der Waals surface area contributed by atoms with Crippen molar-refractivity contribution in [3.63, 3.8) is 0 Å². The van der Waals surface area contributed by atoms with Gasteiger partial charge >= 0.3 is 0 Å². The summed E-state index contributed by atoms with van der Waals surface area (Å²) in [5.41, 5.74) is 2.33. The highest BCUT2D eigenvalue weighted by Crippen LogP contribution is 2.40. The molecule has 0 spiro atoms. The fourth-order valence-corrected chi connectivity index (χ4v) is 6.12. The van der Waals surface area contributed by atoms with E-state index in [1.165, 1.54) is 11.3 Å². The van der Waals surface area contributed by atoms with Crippen LogP contribution in [-0.4, -0.2) is 41.5 Å². The number of carbonyl (C=O) groups excluding carboxylic acids is 2. The van der Waals surface area contributed by atoms with E-state index in [1.54, 1.807) is 37.3 Å². The van der Waals surface area contributed by atoms with Crippen LogP contribution in [0.1, 0.15) is 36.3 Å². The molecule has 1 N–H and O–H groups in total. The number of aromatic nitrogens is 1. The molecule has 0 radical (unpaired) electrons. The maximum Gasteiger partial charge on any atom is 0.250 e. The van der Waals surface area contributed by atoms with E-state index in [2.05, 4.69) is 5.32 Å². The quantitative estimate of drug-likeness (QED) is 0.247. The Bertz CT molecular complexity index is 1450. The molecule has 2 amide bonds. The highest BCUT2D eigenvalue weighted by molar-refractivity contribution is 7.09. The highest BCUT2D eigenvalue weighted by atomic mass is 32.1. The molecule has 7 nitrogen and oxygen atoms in total. The maximum absolute atomic E-state index is 14.2. The zero-order chi connectivity index (χ0) is 28.0. The molecule has 1 aliphatic rings. The first-order valence-electron chi connectivity index (χ1n) is 13.4. The van der Waals surface area contributed by atoms with Crippen molar-refractivity contribution in [2.45, 2.75) is 44.2 Å². The number of methoxy groups -OCH3 is 2. The van der Waals surface area contributed by atoms with Gasteiger partial charge in [0.2, 0.25) is 11.8 Å². The number of anilines is 1. The minimum Gasteiger partial charge on any atom is -0.497 e. The number of hydrogen-bond donors (Lipinski definition) is 1. The molecular weight excluding hydrogens is 522 g/mol. The molecule has 8 heteroatoms. The first-order valence-corrected chi connectivity index (χ1v) is 14.3. The van der Waals surface area contributed by atoms with Crippen molar-refractivity contribution in [3.8, 4) is 22.8 Å². The molecule has 0 aliphatic heterocycles. The fraction of sp³-hybridized carbons (Fsp3) is 0.281. The number of nitrogens with one attached hydrogen (secondary N) is 1. The third kappa shape index (κ3) is 5.87. The van der Waals surface area contributed by atoms with E-state index in [-0.39, 0.29) is 24.8 Å². The van der Waals surface area contributed by atoms with Gasteiger partial charge in [0.15, 0.2) is 0 Å². The van der Waals surface area contributed by atoms with E-state index < -0.39 is 5.54 Å². The van der Waals surface area contributed by atoms with Crippen LogP contribution in [0.15, 0.2) is 84.2 Å². The zero-order valence-electron chi connectivity index (χ0n) is 22.8. The molecule has 40 heavy (non-hydrogen) atoms. The molecule has 0 bridgehead atoms. The van der Waals surface area contributed by atoms with Gasteiger partial charge in [-0.3, -0.25) is 9.59 Å². The van der Waals surface area contributed by atoms with Crippen molar-refractivity contribution < 1.29 is 19.1 Å². The second-order valence-electron chi connectivity index (χ2n) is 9.89. The van der Waals surface area contributed by atoms with Gasteiger partial charge in [0.05, 0.1) is 38.6 Å². The minimum absolute atomic E-state index is 0.0959. The van der Waals surface area contributed by atoms with Crippen LogP contribution in [0.5, 0.6) is 11.5 Å². The molecule has 0 unspecified atom stereocenters. The highest BCUT2D eigenvalue weighted by Gasteiger charge is 2.48. The van der Waals surface area contributed by atoms with Gasteiger partial charge in [0.25, 0.3) is 0 Å². The van der Waals surface area contributed by atoms with Crippen molar-refractivity contribution in [2.75, 3.05) is 19.5 Å². The number of amides is 2. The van der Waals surface area contributed by atoms with Crippen LogP contribution in [0.25, 0.3) is 11.3 Å². The fourth-order valence-electron chi connectivity index (χ4n) is 5.32. The Morgan fingerprint density at radius 2 is 1.65 bits per heavy atom. The van der Waals surface area contributed by atoms with Crippen LogP contribution in [0, 0.1) is 0 Å². The molecule has 1 saturated carbocycles. The smallest absolute Gasteiger partial charge is 0.250 e. The first kappa shape index (κ1) is 27.4. The Balaban J connectivity index is 1.48. The zero-order valence-corrected chi connectivity index (χ0v) is 23.6. The number of carbonyl (C=O) groups is 2. The van der Waals surface area contributed by atoms with Crippen LogP contribution < -0.4 is 14.8 Å². The van der Waals surface area contributed by atoms with Gasteiger partial charge in [0.1, 0.15) is 22.0 Å². The van der Waals surface area contributed by atoms with Gasteiger partial charge in [-0.2, -0.15) is 0 Å². The lowest BCUT2D eigenvalue weighted by Crippen LogP contribution is -2.57. The standard InChI is InChI=1S/C32H33N3O4S/c1-38-25-15-16-26(28(20-25)39-2)34-31(37)32(17-9-10-18-32)35(30(36)19-23-11-5-3-6-12-23)21-29-33-27(22-40-29)24-13-7-4-8-14-24/h3-8,11-16,20,22H,9-10,17-19,21H2,1-2H3,(H,34,37). The first-order chi connectivity index (χ1) is 19.5. The lowest BCUT2D eigenvalue weighted by Gasteiger charge is -2.40. The molecule has 5 rings (SSSR count). The number of ether oxygens (including phenoxy) is 2. The number of thiazole rings is 1. The van der Waals surface area contributed by atoms with Gasteiger partial charge < -0.3 is 19.7 Å². The second kappa shape index (κ2) is 12.3. The monoisotopic (exact) mass is 555 g/mol. The Labute approximate surface area is 238 Å². The summed E-state index contributed by atoms with van der Waals surface area (Å²) in [5.74, 6) is 0.814. The van der Waals surface area contributed by atoms with E-state index in [1.807, 2.05) is 66.0 Å². The Morgan fingerprint density at radius 3 is 2.33 bits per heavy atom. The van der Waals surface area contributed by atoms with Gasteiger partial charge in [-0.1, -0.05) is 73.5 Å². The average Bonchev–Trinajstić information content (AvgIpc) is 3.68. The molecule has 4 aromatic rings. The maximum atomic E-state index is 14.2. The topological polar surface area (TPSA) is 80.8 Å². The molecule has 1 aromatic heterocycles. The summed E-state index contributed by atoms with van der Waals surface area (Å²) in [6, 6.07) is 24.9. The summed E-state index contributed by atoms with van der Waals surface area (Å²) in [7, 11) is 3.14. The number of benzene rings is 3. The molecule has 206 valence electrons. The normalized spacial score (nSPS) is 13.9. The molecule has 1 aliphatic carbocycles. The summed E-state index contributed by atoms with van der Waals surface area (Å²) in [5, 5.41) is 5.88. The summed E-state index contributed by atoms with van der Waals surface area (Å²) in [6.45, 7) is 0.260. The summed E-state index contributed by atoms with van der Waals surface area (Å²) >= 11 is 1.51. The molecule has 0 saturated heterocycles. The molecule has 1 fully saturated rings. The molecular formula is C32H33N3O4S. The third-order valence-corrected chi connectivity index (χ3v) is 8.27.